The van der Waals surface area contributed by atoms with E-state index in [2.05, 4.69) is 39.9 Å². The van der Waals surface area contributed by atoms with Crippen LogP contribution in [0.3, 0.4) is 0 Å². The third kappa shape index (κ3) is 3.18. The molecule has 1 N–H and O–H groups in total. The molecule has 1 aliphatic rings. The van der Waals surface area contributed by atoms with Gasteiger partial charge in [-0.3, -0.25) is 0 Å². The number of hydrogen-bond donors (Lipinski definition) is 1. The van der Waals surface area contributed by atoms with Crippen molar-refractivity contribution in [2.75, 3.05) is 6.54 Å². The molecule has 0 amide bonds. The molecule has 3 heteroatoms. The quantitative estimate of drug-likeness (QED) is 0.804. The van der Waals surface area contributed by atoms with E-state index in [1.54, 1.807) is 11.3 Å². The molecule has 1 heterocycles. The number of aromatic nitrogens is 1. The van der Waals surface area contributed by atoms with E-state index in [9.17, 15) is 0 Å². The summed E-state index contributed by atoms with van der Waals surface area (Å²) in [5.41, 5.74) is 6.01. The van der Waals surface area contributed by atoms with E-state index in [4.69, 9.17) is 0 Å². The Labute approximate surface area is 112 Å². The van der Waals surface area contributed by atoms with Gasteiger partial charge in [0.25, 0.3) is 0 Å². The average molecular weight is 258 g/mol. The molecule has 1 aromatic heterocycles. The zero-order valence-electron chi connectivity index (χ0n) is 10.4. The minimum Gasteiger partial charge on any atom is -0.312 e. The van der Waals surface area contributed by atoms with E-state index in [0.717, 1.165) is 25.4 Å². The summed E-state index contributed by atoms with van der Waals surface area (Å²) in [6.07, 6.45) is 3.77. The largest absolute Gasteiger partial charge is 0.312 e. The number of hydrogen-bond acceptors (Lipinski definition) is 3. The first-order valence-electron chi connectivity index (χ1n) is 6.58. The molecule has 1 saturated carbocycles. The number of thiazole rings is 1. The molecular formula is C15H18N2S. The minimum atomic E-state index is 0.847. The Morgan fingerprint density at radius 3 is 3.06 bits per heavy atom. The molecule has 0 atom stereocenters. The number of rotatable bonds is 6. The first-order chi connectivity index (χ1) is 8.92. The molecule has 0 aliphatic heterocycles. The van der Waals surface area contributed by atoms with Crippen molar-refractivity contribution in [1.29, 1.82) is 0 Å². The molecule has 3 rings (SSSR count). The molecule has 0 saturated heterocycles. The Morgan fingerprint density at radius 1 is 1.33 bits per heavy atom. The van der Waals surface area contributed by atoms with Gasteiger partial charge in [-0.05, 0) is 29.9 Å². The average Bonchev–Trinajstić information content (AvgIpc) is 3.13. The van der Waals surface area contributed by atoms with Gasteiger partial charge in [0.15, 0.2) is 0 Å². The van der Waals surface area contributed by atoms with Crippen LogP contribution in [0.2, 0.25) is 0 Å². The van der Waals surface area contributed by atoms with Gasteiger partial charge >= 0.3 is 0 Å². The van der Waals surface area contributed by atoms with E-state index >= 15 is 0 Å². The van der Waals surface area contributed by atoms with Gasteiger partial charge < -0.3 is 5.32 Å². The van der Waals surface area contributed by atoms with Crippen LogP contribution in [0.15, 0.2) is 35.2 Å². The second-order valence-corrected chi connectivity index (χ2v) is 5.64. The number of nitrogens with one attached hydrogen (secondary N) is 1. The van der Waals surface area contributed by atoms with Crippen molar-refractivity contribution in [3.63, 3.8) is 0 Å². The SMILES string of the molecule is c1cc(CNCCc2cscn2)cc(C2CC2)c1. The fourth-order valence-corrected chi connectivity index (χ4v) is 2.78. The second kappa shape index (κ2) is 5.63. The van der Waals surface area contributed by atoms with Crippen molar-refractivity contribution >= 4 is 11.3 Å². The first kappa shape index (κ1) is 11.9. The minimum absolute atomic E-state index is 0.847. The van der Waals surface area contributed by atoms with E-state index in [1.807, 2.05) is 5.51 Å². The van der Waals surface area contributed by atoms with Crippen LogP contribution in [0.25, 0.3) is 0 Å². The van der Waals surface area contributed by atoms with Crippen LogP contribution in [0.1, 0.15) is 35.6 Å². The predicted molar refractivity (Wildman–Crippen MR) is 75.9 cm³/mol. The van der Waals surface area contributed by atoms with Crippen molar-refractivity contribution in [1.82, 2.24) is 10.3 Å². The van der Waals surface area contributed by atoms with Gasteiger partial charge in [0.05, 0.1) is 11.2 Å². The lowest BCUT2D eigenvalue weighted by Crippen LogP contribution is -2.16. The van der Waals surface area contributed by atoms with Crippen molar-refractivity contribution in [2.24, 2.45) is 0 Å². The summed E-state index contributed by atoms with van der Waals surface area (Å²) in [7, 11) is 0. The standard InChI is InChI=1S/C15H18N2S/c1-2-12(8-14(3-1)13-4-5-13)9-16-7-6-15-10-18-11-17-15/h1-3,8,10-11,13,16H,4-7,9H2. The highest BCUT2D eigenvalue weighted by Crippen LogP contribution is 2.40. The second-order valence-electron chi connectivity index (χ2n) is 4.93. The molecular weight excluding hydrogens is 240 g/mol. The third-order valence-corrected chi connectivity index (χ3v) is 4.01. The topological polar surface area (TPSA) is 24.9 Å². The smallest absolute Gasteiger partial charge is 0.0794 e. The molecule has 18 heavy (non-hydrogen) atoms. The summed E-state index contributed by atoms with van der Waals surface area (Å²) in [5, 5.41) is 5.61. The van der Waals surface area contributed by atoms with Gasteiger partial charge in [0.2, 0.25) is 0 Å². The van der Waals surface area contributed by atoms with Crippen LogP contribution in [0.5, 0.6) is 0 Å². The Morgan fingerprint density at radius 2 is 2.28 bits per heavy atom. The maximum Gasteiger partial charge on any atom is 0.0794 e. The van der Waals surface area contributed by atoms with Crippen LogP contribution in [0.4, 0.5) is 0 Å². The molecule has 0 unspecified atom stereocenters. The Kier molecular flexibility index (Phi) is 3.72. The lowest BCUT2D eigenvalue weighted by Gasteiger charge is -2.06. The highest BCUT2D eigenvalue weighted by molar-refractivity contribution is 7.07. The molecule has 0 bridgehead atoms. The van der Waals surface area contributed by atoms with Gasteiger partial charge in [-0.1, -0.05) is 24.3 Å². The Bertz CT molecular complexity index is 489. The summed E-state index contributed by atoms with van der Waals surface area (Å²) in [6.45, 7) is 1.96. The molecule has 1 aliphatic carbocycles. The van der Waals surface area contributed by atoms with Crippen LogP contribution in [0, 0.1) is 0 Å². The summed E-state index contributed by atoms with van der Waals surface area (Å²) in [5.74, 6) is 0.847. The summed E-state index contributed by atoms with van der Waals surface area (Å²) in [6, 6.07) is 9.01. The zero-order valence-corrected chi connectivity index (χ0v) is 11.2. The van der Waals surface area contributed by atoms with E-state index < -0.39 is 0 Å². The zero-order chi connectivity index (χ0) is 12.2. The monoisotopic (exact) mass is 258 g/mol. The van der Waals surface area contributed by atoms with Crippen molar-refractivity contribution in [3.05, 3.63) is 52.0 Å². The van der Waals surface area contributed by atoms with E-state index in [0.29, 0.717) is 0 Å². The fraction of sp³-hybridized carbons (Fsp3) is 0.400. The van der Waals surface area contributed by atoms with Crippen LogP contribution >= 0.6 is 11.3 Å². The van der Waals surface area contributed by atoms with E-state index in [-0.39, 0.29) is 0 Å². The third-order valence-electron chi connectivity index (χ3n) is 3.37. The Balaban J connectivity index is 1.46. The fourth-order valence-electron chi connectivity index (χ4n) is 2.18. The lowest BCUT2D eigenvalue weighted by molar-refractivity contribution is 0.681. The molecule has 0 spiro atoms. The van der Waals surface area contributed by atoms with Crippen molar-refractivity contribution < 1.29 is 0 Å². The maximum atomic E-state index is 4.28. The van der Waals surface area contributed by atoms with Crippen molar-refractivity contribution in [3.8, 4) is 0 Å². The maximum absolute atomic E-state index is 4.28. The number of benzene rings is 1. The van der Waals surface area contributed by atoms with Crippen LogP contribution in [-0.4, -0.2) is 11.5 Å². The summed E-state index contributed by atoms with van der Waals surface area (Å²) < 4.78 is 0. The summed E-state index contributed by atoms with van der Waals surface area (Å²) in [4.78, 5) is 4.28. The van der Waals surface area contributed by atoms with E-state index in [1.165, 1.54) is 29.7 Å². The summed E-state index contributed by atoms with van der Waals surface area (Å²) >= 11 is 1.67. The predicted octanol–water partition coefficient (Wildman–Crippen LogP) is 3.35. The first-order valence-corrected chi connectivity index (χ1v) is 7.53. The normalized spacial score (nSPS) is 14.9. The highest BCUT2D eigenvalue weighted by atomic mass is 32.1. The molecule has 2 nitrogen and oxygen atoms in total. The molecule has 1 fully saturated rings. The molecule has 2 aromatic rings. The van der Waals surface area contributed by atoms with Gasteiger partial charge in [-0.25, -0.2) is 4.98 Å². The Hall–Kier alpha value is -1.19. The van der Waals surface area contributed by atoms with Gasteiger partial charge in [0, 0.05) is 24.9 Å². The molecule has 0 radical (unpaired) electrons. The number of nitrogens with zero attached hydrogens (tertiary/aromatic N) is 1. The highest BCUT2D eigenvalue weighted by Gasteiger charge is 2.23. The lowest BCUT2D eigenvalue weighted by atomic mass is 10.1. The van der Waals surface area contributed by atoms with Crippen LogP contribution < -0.4 is 5.32 Å². The van der Waals surface area contributed by atoms with Gasteiger partial charge in [-0.15, -0.1) is 11.3 Å². The van der Waals surface area contributed by atoms with Gasteiger partial charge in [-0.2, -0.15) is 0 Å². The van der Waals surface area contributed by atoms with Crippen LogP contribution in [-0.2, 0) is 13.0 Å². The molecule has 1 aromatic carbocycles. The molecule has 94 valence electrons. The van der Waals surface area contributed by atoms with Crippen molar-refractivity contribution in [2.45, 2.75) is 31.7 Å². The van der Waals surface area contributed by atoms with Gasteiger partial charge in [0.1, 0.15) is 0 Å².